The van der Waals surface area contributed by atoms with E-state index >= 15 is 0 Å². The van der Waals surface area contributed by atoms with E-state index in [1.54, 1.807) is 12.1 Å². The number of H-pyrrole nitrogens is 1. The Morgan fingerprint density at radius 1 is 1.03 bits per heavy atom. The Balaban J connectivity index is 0.00000385. The summed E-state index contributed by atoms with van der Waals surface area (Å²) in [6.07, 6.45) is 2.71. The van der Waals surface area contributed by atoms with Gasteiger partial charge in [0.05, 0.1) is 26.4 Å². The maximum absolute atomic E-state index is 13.6. The predicted octanol–water partition coefficient (Wildman–Crippen LogP) is 4.78. The molecule has 0 aliphatic heterocycles. The second kappa shape index (κ2) is 14.9. The van der Waals surface area contributed by atoms with Gasteiger partial charge in [0.15, 0.2) is 5.96 Å². The van der Waals surface area contributed by atoms with Crippen LogP contribution in [0.4, 0.5) is 4.39 Å². The quantitative estimate of drug-likeness (QED) is 0.127. The van der Waals surface area contributed by atoms with Gasteiger partial charge >= 0.3 is 0 Å². The molecule has 6 nitrogen and oxygen atoms in total. The number of rotatable bonds is 12. The van der Waals surface area contributed by atoms with Gasteiger partial charge in [0.25, 0.3) is 0 Å². The first-order valence-corrected chi connectivity index (χ1v) is 11.2. The summed E-state index contributed by atoms with van der Waals surface area (Å²) in [5, 5.41) is 7.57. The van der Waals surface area contributed by atoms with Crippen LogP contribution in [0.3, 0.4) is 0 Å². The number of nitrogens with zero attached hydrogens (tertiary/aromatic N) is 1. The highest BCUT2D eigenvalue weighted by atomic mass is 127. The average molecular weight is 568 g/mol. The number of guanidine groups is 1. The van der Waals surface area contributed by atoms with E-state index in [4.69, 9.17) is 14.5 Å². The van der Waals surface area contributed by atoms with Gasteiger partial charge in [0.1, 0.15) is 5.82 Å². The average Bonchev–Trinajstić information content (AvgIpc) is 3.19. The van der Waals surface area contributed by atoms with Gasteiger partial charge in [-0.15, -0.1) is 24.0 Å². The molecule has 33 heavy (non-hydrogen) atoms. The predicted molar refractivity (Wildman–Crippen MR) is 143 cm³/mol. The van der Waals surface area contributed by atoms with E-state index in [1.165, 1.54) is 6.07 Å². The van der Waals surface area contributed by atoms with Crippen LogP contribution >= 0.6 is 24.0 Å². The minimum absolute atomic E-state index is 0. The Labute approximate surface area is 212 Å². The van der Waals surface area contributed by atoms with Crippen molar-refractivity contribution in [1.82, 2.24) is 15.6 Å². The van der Waals surface area contributed by atoms with Crippen LogP contribution in [0.5, 0.6) is 0 Å². The topological polar surface area (TPSA) is 70.7 Å². The summed E-state index contributed by atoms with van der Waals surface area (Å²) < 4.78 is 24.5. The summed E-state index contributed by atoms with van der Waals surface area (Å²) in [6.45, 7) is 8.54. The van der Waals surface area contributed by atoms with Gasteiger partial charge in [-0.05, 0) is 55.2 Å². The highest BCUT2D eigenvalue weighted by Gasteiger charge is 2.06. The van der Waals surface area contributed by atoms with Gasteiger partial charge in [-0.25, -0.2) is 9.38 Å². The van der Waals surface area contributed by atoms with Crippen molar-refractivity contribution in [3.05, 3.63) is 71.2 Å². The third kappa shape index (κ3) is 8.94. The van der Waals surface area contributed by atoms with Crippen LogP contribution < -0.4 is 10.6 Å². The molecule has 0 bridgehead atoms. The molecule has 8 heteroatoms. The van der Waals surface area contributed by atoms with Gasteiger partial charge in [0, 0.05) is 36.8 Å². The van der Waals surface area contributed by atoms with Gasteiger partial charge < -0.3 is 25.1 Å². The number of aliphatic imine (C=N–C) groups is 1. The number of aromatic nitrogens is 1. The monoisotopic (exact) mass is 568 g/mol. The number of benzene rings is 2. The molecule has 1 heterocycles. The molecule has 0 saturated carbocycles. The molecular formula is C25H34FIN4O2. The Hall–Kier alpha value is -2.17. The van der Waals surface area contributed by atoms with E-state index in [1.807, 2.05) is 26.1 Å². The highest BCUT2D eigenvalue weighted by molar-refractivity contribution is 14.0. The molecule has 0 spiro atoms. The van der Waals surface area contributed by atoms with Crippen LogP contribution in [0, 0.1) is 5.82 Å². The molecule has 1 aromatic heterocycles. The molecule has 180 valence electrons. The Morgan fingerprint density at radius 3 is 2.67 bits per heavy atom. The van der Waals surface area contributed by atoms with Crippen molar-refractivity contribution in [2.45, 2.75) is 33.4 Å². The molecule has 3 N–H and O–H groups in total. The summed E-state index contributed by atoms with van der Waals surface area (Å²) >= 11 is 0. The van der Waals surface area contributed by atoms with E-state index in [-0.39, 0.29) is 29.8 Å². The Kier molecular flexibility index (Phi) is 12.2. The van der Waals surface area contributed by atoms with E-state index in [0.717, 1.165) is 46.5 Å². The molecule has 0 saturated heterocycles. The van der Waals surface area contributed by atoms with Crippen molar-refractivity contribution in [2.75, 3.05) is 32.9 Å². The van der Waals surface area contributed by atoms with E-state index in [0.29, 0.717) is 39.5 Å². The minimum Gasteiger partial charge on any atom is -0.379 e. The Morgan fingerprint density at radius 2 is 1.85 bits per heavy atom. The summed E-state index contributed by atoms with van der Waals surface area (Å²) in [6, 6.07) is 13.1. The van der Waals surface area contributed by atoms with Crippen LogP contribution in [-0.2, 0) is 29.0 Å². The summed E-state index contributed by atoms with van der Waals surface area (Å²) in [4.78, 5) is 7.90. The molecule has 2 aromatic carbocycles. The smallest absolute Gasteiger partial charge is 0.191 e. The zero-order chi connectivity index (χ0) is 22.6. The molecule has 3 aromatic rings. The number of ether oxygens (including phenoxy) is 2. The van der Waals surface area contributed by atoms with Crippen molar-refractivity contribution in [2.24, 2.45) is 4.99 Å². The highest BCUT2D eigenvalue weighted by Crippen LogP contribution is 2.19. The molecule has 0 fully saturated rings. The maximum Gasteiger partial charge on any atom is 0.191 e. The second-order valence-corrected chi connectivity index (χ2v) is 7.45. The number of halogens is 2. The molecule has 0 aliphatic carbocycles. The van der Waals surface area contributed by atoms with Crippen molar-refractivity contribution < 1.29 is 13.9 Å². The molecule has 0 radical (unpaired) electrons. The number of hydrogen-bond acceptors (Lipinski definition) is 3. The Bertz CT molecular complexity index is 1010. The van der Waals surface area contributed by atoms with Crippen LogP contribution in [-0.4, -0.2) is 43.9 Å². The van der Waals surface area contributed by atoms with Crippen LogP contribution in [0.25, 0.3) is 10.9 Å². The first-order valence-electron chi connectivity index (χ1n) is 11.2. The van der Waals surface area contributed by atoms with Crippen molar-refractivity contribution in [3.8, 4) is 0 Å². The first-order chi connectivity index (χ1) is 15.7. The van der Waals surface area contributed by atoms with Gasteiger partial charge in [-0.1, -0.05) is 24.3 Å². The number of aromatic amines is 1. The zero-order valence-corrected chi connectivity index (χ0v) is 21.7. The van der Waals surface area contributed by atoms with Gasteiger partial charge in [-0.3, -0.25) is 0 Å². The lowest BCUT2D eigenvalue weighted by Gasteiger charge is -2.11. The van der Waals surface area contributed by atoms with Crippen molar-refractivity contribution in [3.63, 3.8) is 0 Å². The van der Waals surface area contributed by atoms with Gasteiger partial charge in [-0.2, -0.15) is 0 Å². The number of hydrogen-bond donors (Lipinski definition) is 3. The zero-order valence-electron chi connectivity index (χ0n) is 19.3. The third-order valence-electron chi connectivity index (χ3n) is 5.02. The minimum atomic E-state index is -0.219. The maximum atomic E-state index is 13.6. The first kappa shape index (κ1) is 27.1. The largest absolute Gasteiger partial charge is 0.379 e. The fraction of sp³-hybridized carbons (Fsp3) is 0.400. The van der Waals surface area contributed by atoms with E-state index in [9.17, 15) is 4.39 Å². The molecule has 0 amide bonds. The molecular weight excluding hydrogens is 534 g/mol. The fourth-order valence-electron chi connectivity index (χ4n) is 3.46. The fourth-order valence-corrected chi connectivity index (χ4v) is 3.46. The lowest BCUT2D eigenvalue weighted by molar-refractivity contribution is 0.0453. The standard InChI is InChI=1S/C25H33FN4O2.HI/c1-3-27-25(28-11-10-21-17-29-24-9-8-22(26)15-23(21)24)30-16-19-6-5-7-20(14-19)18-32-13-12-31-4-2;/h5-9,14-15,17,29H,3-4,10-13,16,18H2,1-2H3,(H2,27,28,30);1H. The van der Waals surface area contributed by atoms with Crippen molar-refractivity contribution in [1.29, 1.82) is 0 Å². The second-order valence-electron chi connectivity index (χ2n) is 7.45. The number of nitrogens with one attached hydrogen (secondary N) is 3. The van der Waals surface area contributed by atoms with E-state index in [2.05, 4.69) is 33.8 Å². The lowest BCUT2D eigenvalue weighted by Crippen LogP contribution is -2.38. The third-order valence-corrected chi connectivity index (χ3v) is 5.02. The van der Waals surface area contributed by atoms with Crippen LogP contribution in [0.15, 0.2) is 53.7 Å². The number of fused-ring (bicyclic) bond motifs is 1. The van der Waals surface area contributed by atoms with Crippen LogP contribution in [0.1, 0.15) is 30.5 Å². The summed E-state index contributed by atoms with van der Waals surface area (Å²) in [5.74, 6) is 0.542. The SMILES string of the molecule is CCNC(=NCc1cccc(COCCOCC)c1)NCCc1c[nH]c2ccc(F)cc12.I. The van der Waals surface area contributed by atoms with Crippen molar-refractivity contribution >= 4 is 40.8 Å². The summed E-state index contributed by atoms with van der Waals surface area (Å²) in [7, 11) is 0. The molecule has 3 rings (SSSR count). The molecule has 0 unspecified atom stereocenters. The molecule has 0 aliphatic rings. The normalized spacial score (nSPS) is 11.4. The summed E-state index contributed by atoms with van der Waals surface area (Å²) in [5.41, 5.74) is 4.28. The van der Waals surface area contributed by atoms with E-state index < -0.39 is 0 Å². The lowest BCUT2D eigenvalue weighted by atomic mass is 10.1. The van der Waals surface area contributed by atoms with Gasteiger partial charge in [0.2, 0.25) is 0 Å². The molecule has 0 atom stereocenters. The van der Waals surface area contributed by atoms with Crippen LogP contribution in [0.2, 0.25) is 0 Å².